The third-order valence-electron chi connectivity index (χ3n) is 2.84. The van der Waals surface area contributed by atoms with E-state index in [1.165, 1.54) is 0 Å². The molecule has 0 aliphatic carbocycles. The van der Waals surface area contributed by atoms with Gasteiger partial charge in [-0.2, -0.15) is 0 Å². The van der Waals surface area contributed by atoms with Crippen LogP contribution in [-0.2, 0) is 0 Å². The van der Waals surface area contributed by atoms with E-state index in [2.05, 4.69) is 5.32 Å². The SMILES string of the molecule is CNC(c1ccc(Cl)c(OC)c1)c1ccc(C)o1. The Balaban J connectivity index is 2.38. The van der Waals surface area contributed by atoms with E-state index in [1.807, 2.05) is 44.3 Å². The molecule has 0 amide bonds. The molecule has 18 heavy (non-hydrogen) atoms. The summed E-state index contributed by atoms with van der Waals surface area (Å²) in [7, 11) is 3.50. The summed E-state index contributed by atoms with van der Waals surface area (Å²) in [6.07, 6.45) is 0. The first kappa shape index (κ1) is 13.0. The molecule has 1 heterocycles. The largest absolute Gasteiger partial charge is 0.495 e. The molecule has 96 valence electrons. The molecule has 0 spiro atoms. The molecular weight excluding hydrogens is 250 g/mol. The van der Waals surface area contributed by atoms with Crippen molar-refractivity contribution in [3.8, 4) is 5.75 Å². The van der Waals surface area contributed by atoms with E-state index in [0.29, 0.717) is 10.8 Å². The quantitative estimate of drug-likeness (QED) is 0.918. The number of nitrogens with one attached hydrogen (secondary N) is 1. The van der Waals surface area contributed by atoms with Crippen LogP contribution in [0.2, 0.25) is 5.02 Å². The van der Waals surface area contributed by atoms with Gasteiger partial charge in [0.25, 0.3) is 0 Å². The number of hydrogen-bond acceptors (Lipinski definition) is 3. The Bertz CT molecular complexity index is 536. The Labute approximate surface area is 112 Å². The van der Waals surface area contributed by atoms with Gasteiger partial charge in [0, 0.05) is 0 Å². The summed E-state index contributed by atoms with van der Waals surface area (Å²) in [5, 5.41) is 3.83. The van der Waals surface area contributed by atoms with Crippen LogP contribution in [0.5, 0.6) is 5.75 Å². The fraction of sp³-hybridized carbons (Fsp3) is 0.286. The highest BCUT2D eigenvalue weighted by molar-refractivity contribution is 6.32. The number of aryl methyl sites for hydroxylation is 1. The van der Waals surface area contributed by atoms with Crippen LogP contribution in [0, 0.1) is 6.92 Å². The van der Waals surface area contributed by atoms with Crippen molar-refractivity contribution in [3.63, 3.8) is 0 Å². The zero-order valence-electron chi connectivity index (χ0n) is 10.7. The highest BCUT2D eigenvalue weighted by atomic mass is 35.5. The Morgan fingerprint density at radius 2 is 2.06 bits per heavy atom. The number of rotatable bonds is 4. The van der Waals surface area contributed by atoms with Crippen LogP contribution in [0.4, 0.5) is 0 Å². The summed E-state index contributed by atoms with van der Waals surface area (Å²) in [5.74, 6) is 2.43. The van der Waals surface area contributed by atoms with Gasteiger partial charge >= 0.3 is 0 Å². The van der Waals surface area contributed by atoms with Crippen LogP contribution in [0.15, 0.2) is 34.7 Å². The first-order valence-corrected chi connectivity index (χ1v) is 6.10. The molecule has 1 aromatic heterocycles. The molecule has 0 saturated carbocycles. The average molecular weight is 266 g/mol. The lowest BCUT2D eigenvalue weighted by Gasteiger charge is -2.15. The van der Waals surface area contributed by atoms with Crippen molar-refractivity contribution in [3.05, 3.63) is 52.4 Å². The maximum Gasteiger partial charge on any atom is 0.137 e. The van der Waals surface area contributed by atoms with E-state index in [1.54, 1.807) is 7.11 Å². The van der Waals surface area contributed by atoms with E-state index < -0.39 is 0 Å². The van der Waals surface area contributed by atoms with Crippen LogP contribution >= 0.6 is 11.6 Å². The van der Waals surface area contributed by atoms with Gasteiger partial charge in [-0.15, -0.1) is 0 Å². The summed E-state index contributed by atoms with van der Waals surface area (Å²) >= 11 is 6.03. The fourth-order valence-electron chi connectivity index (χ4n) is 1.94. The minimum atomic E-state index is -0.00938. The lowest BCUT2D eigenvalue weighted by molar-refractivity contribution is 0.412. The highest BCUT2D eigenvalue weighted by Gasteiger charge is 2.16. The smallest absolute Gasteiger partial charge is 0.137 e. The monoisotopic (exact) mass is 265 g/mol. The predicted molar refractivity (Wildman–Crippen MR) is 72.4 cm³/mol. The van der Waals surface area contributed by atoms with Crippen molar-refractivity contribution in [1.82, 2.24) is 5.32 Å². The Morgan fingerprint density at radius 1 is 1.28 bits per heavy atom. The standard InChI is InChI=1S/C14H16ClNO2/c1-9-4-7-12(18-9)14(16-2)10-5-6-11(15)13(8-10)17-3/h4-8,14,16H,1-3H3. The molecule has 0 saturated heterocycles. The minimum Gasteiger partial charge on any atom is -0.495 e. The Morgan fingerprint density at radius 3 is 2.61 bits per heavy atom. The fourth-order valence-corrected chi connectivity index (χ4v) is 2.13. The topological polar surface area (TPSA) is 34.4 Å². The molecule has 1 N–H and O–H groups in total. The summed E-state index contributed by atoms with van der Waals surface area (Å²) in [4.78, 5) is 0. The molecule has 0 aliphatic rings. The van der Waals surface area contributed by atoms with Crippen LogP contribution in [-0.4, -0.2) is 14.2 Å². The van der Waals surface area contributed by atoms with Crippen molar-refractivity contribution in [2.45, 2.75) is 13.0 Å². The third kappa shape index (κ3) is 2.52. The lowest BCUT2D eigenvalue weighted by Crippen LogP contribution is -2.17. The van der Waals surface area contributed by atoms with E-state index in [0.717, 1.165) is 17.1 Å². The van der Waals surface area contributed by atoms with Gasteiger partial charge in [-0.25, -0.2) is 0 Å². The summed E-state index contributed by atoms with van der Waals surface area (Å²) in [5.41, 5.74) is 1.05. The molecule has 2 aromatic rings. The van der Waals surface area contributed by atoms with Crippen molar-refractivity contribution in [2.75, 3.05) is 14.2 Å². The van der Waals surface area contributed by atoms with E-state index in [4.69, 9.17) is 20.8 Å². The Hall–Kier alpha value is -1.45. The molecule has 1 unspecified atom stereocenters. The minimum absolute atomic E-state index is 0.00938. The van der Waals surface area contributed by atoms with Gasteiger partial charge in [0.15, 0.2) is 0 Å². The number of benzene rings is 1. The van der Waals surface area contributed by atoms with Crippen LogP contribution in [0.3, 0.4) is 0 Å². The lowest BCUT2D eigenvalue weighted by atomic mass is 10.0. The van der Waals surface area contributed by atoms with Crippen molar-refractivity contribution < 1.29 is 9.15 Å². The Kier molecular flexibility index (Phi) is 3.94. The number of methoxy groups -OCH3 is 1. The second-order valence-electron chi connectivity index (χ2n) is 4.06. The number of halogens is 1. The summed E-state index contributed by atoms with van der Waals surface area (Å²) in [6.45, 7) is 1.93. The van der Waals surface area contributed by atoms with Crippen molar-refractivity contribution in [1.29, 1.82) is 0 Å². The van der Waals surface area contributed by atoms with Crippen LogP contribution in [0.1, 0.15) is 23.1 Å². The molecule has 0 bridgehead atoms. The first-order valence-electron chi connectivity index (χ1n) is 5.72. The predicted octanol–water partition coefficient (Wildman–Crippen LogP) is 3.56. The van der Waals surface area contributed by atoms with Crippen LogP contribution < -0.4 is 10.1 Å². The maximum absolute atomic E-state index is 6.03. The highest BCUT2D eigenvalue weighted by Crippen LogP contribution is 2.30. The van der Waals surface area contributed by atoms with Gasteiger partial charge in [-0.1, -0.05) is 17.7 Å². The molecule has 0 fully saturated rings. The molecule has 1 aromatic carbocycles. The average Bonchev–Trinajstić information content (AvgIpc) is 2.79. The molecule has 1 atom stereocenters. The zero-order valence-corrected chi connectivity index (χ0v) is 11.4. The van der Waals surface area contributed by atoms with Crippen LogP contribution in [0.25, 0.3) is 0 Å². The van der Waals surface area contributed by atoms with Crippen molar-refractivity contribution in [2.24, 2.45) is 0 Å². The van der Waals surface area contributed by atoms with Crippen molar-refractivity contribution >= 4 is 11.6 Å². The van der Waals surface area contributed by atoms with Gasteiger partial charge in [0.1, 0.15) is 17.3 Å². The molecular formula is C14H16ClNO2. The number of ether oxygens (including phenoxy) is 1. The molecule has 0 aliphatic heterocycles. The van der Waals surface area contributed by atoms with Gasteiger partial charge in [-0.3, -0.25) is 0 Å². The number of furan rings is 1. The third-order valence-corrected chi connectivity index (χ3v) is 3.16. The maximum atomic E-state index is 6.03. The van der Waals surface area contributed by atoms with E-state index >= 15 is 0 Å². The molecule has 0 radical (unpaired) electrons. The van der Waals surface area contributed by atoms with E-state index in [9.17, 15) is 0 Å². The van der Waals surface area contributed by atoms with Gasteiger partial charge in [0.05, 0.1) is 18.2 Å². The van der Waals surface area contributed by atoms with Gasteiger partial charge in [0.2, 0.25) is 0 Å². The normalized spacial score (nSPS) is 12.4. The number of hydrogen-bond donors (Lipinski definition) is 1. The molecule has 3 nitrogen and oxygen atoms in total. The second kappa shape index (κ2) is 5.46. The summed E-state index contributed by atoms with van der Waals surface area (Å²) in [6, 6.07) is 9.62. The van der Waals surface area contributed by atoms with Gasteiger partial charge < -0.3 is 14.5 Å². The second-order valence-corrected chi connectivity index (χ2v) is 4.47. The zero-order chi connectivity index (χ0) is 13.1. The van der Waals surface area contributed by atoms with Gasteiger partial charge in [-0.05, 0) is 43.8 Å². The molecule has 2 rings (SSSR count). The first-order chi connectivity index (χ1) is 8.65. The van der Waals surface area contributed by atoms with E-state index in [-0.39, 0.29) is 6.04 Å². The molecule has 4 heteroatoms. The summed E-state index contributed by atoms with van der Waals surface area (Å²) < 4.78 is 10.9.